The number of nitrogen functional groups attached to an aromatic ring is 1. The van der Waals surface area contributed by atoms with E-state index in [2.05, 4.69) is 5.92 Å². The Labute approximate surface area is 97.9 Å². The lowest BCUT2D eigenvalue weighted by Gasteiger charge is -2.06. The quantitative estimate of drug-likeness (QED) is 0.589. The Hall–Kier alpha value is -2.34. The van der Waals surface area contributed by atoms with Crippen LogP contribution in [-0.2, 0) is 0 Å². The molecule has 0 amide bonds. The van der Waals surface area contributed by atoms with Crippen LogP contribution in [0, 0.1) is 24.0 Å². The van der Waals surface area contributed by atoms with Gasteiger partial charge in [0.2, 0.25) is 0 Å². The summed E-state index contributed by atoms with van der Waals surface area (Å²) in [7, 11) is 0. The van der Waals surface area contributed by atoms with Crippen LogP contribution in [0.15, 0.2) is 36.4 Å². The van der Waals surface area contributed by atoms with Crippen LogP contribution in [0.1, 0.15) is 5.56 Å². The van der Waals surface area contributed by atoms with Crippen LogP contribution in [0.3, 0.4) is 0 Å². The van der Waals surface area contributed by atoms with Crippen LogP contribution >= 0.6 is 0 Å². The van der Waals surface area contributed by atoms with Crippen molar-refractivity contribution in [1.82, 2.24) is 0 Å². The molecule has 0 saturated carbocycles. The first-order chi connectivity index (χ1) is 8.10. The predicted molar refractivity (Wildman–Crippen MR) is 64.1 cm³/mol. The Kier molecular flexibility index (Phi) is 2.80. The van der Waals surface area contributed by atoms with Crippen LogP contribution in [-0.4, -0.2) is 0 Å². The largest absolute Gasteiger partial charge is 0.399 e. The van der Waals surface area contributed by atoms with Gasteiger partial charge in [-0.1, -0.05) is 5.92 Å². The van der Waals surface area contributed by atoms with E-state index in [4.69, 9.17) is 12.2 Å². The van der Waals surface area contributed by atoms with Crippen LogP contribution in [0.25, 0.3) is 11.1 Å². The molecule has 0 aliphatic heterocycles. The van der Waals surface area contributed by atoms with Gasteiger partial charge in [0, 0.05) is 22.9 Å². The maximum absolute atomic E-state index is 13.6. The summed E-state index contributed by atoms with van der Waals surface area (Å²) in [5, 5.41) is 0. The second kappa shape index (κ2) is 4.26. The molecule has 2 aromatic rings. The second-order valence-corrected chi connectivity index (χ2v) is 3.61. The molecule has 17 heavy (non-hydrogen) atoms. The zero-order chi connectivity index (χ0) is 12.4. The van der Waals surface area contributed by atoms with E-state index in [1.807, 2.05) is 0 Å². The van der Waals surface area contributed by atoms with E-state index in [0.29, 0.717) is 16.8 Å². The molecule has 0 bridgehead atoms. The molecule has 2 rings (SSSR count). The number of benzene rings is 2. The van der Waals surface area contributed by atoms with E-state index in [1.165, 1.54) is 12.1 Å². The fraction of sp³-hybridized carbons (Fsp3) is 0. The molecular formula is C14H9F2N. The topological polar surface area (TPSA) is 26.0 Å². The van der Waals surface area contributed by atoms with E-state index in [-0.39, 0.29) is 5.56 Å². The van der Waals surface area contributed by atoms with Gasteiger partial charge < -0.3 is 5.73 Å². The summed E-state index contributed by atoms with van der Waals surface area (Å²) in [5.74, 6) is 1.17. The zero-order valence-electron chi connectivity index (χ0n) is 8.87. The van der Waals surface area contributed by atoms with Crippen LogP contribution in [0.5, 0.6) is 0 Å². The number of halogens is 2. The lowest BCUT2D eigenvalue weighted by Crippen LogP contribution is -1.91. The molecule has 3 heteroatoms. The number of hydrogen-bond acceptors (Lipinski definition) is 1. The van der Waals surface area contributed by atoms with Crippen molar-refractivity contribution in [2.45, 2.75) is 0 Å². The average Bonchev–Trinajstić information content (AvgIpc) is 2.28. The second-order valence-electron chi connectivity index (χ2n) is 3.61. The lowest BCUT2D eigenvalue weighted by molar-refractivity contribution is 0.585. The fourth-order valence-corrected chi connectivity index (χ4v) is 1.61. The monoisotopic (exact) mass is 229 g/mol. The highest BCUT2D eigenvalue weighted by Crippen LogP contribution is 2.26. The maximum atomic E-state index is 13.6. The Morgan fingerprint density at radius 2 is 1.82 bits per heavy atom. The first-order valence-electron chi connectivity index (χ1n) is 4.93. The van der Waals surface area contributed by atoms with Gasteiger partial charge in [-0.05, 0) is 35.9 Å². The van der Waals surface area contributed by atoms with Gasteiger partial charge in [0.25, 0.3) is 0 Å². The molecule has 1 nitrogen and oxygen atoms in total. The van der Waals surface area contributed by atoms with Gasteiger partial charge in [-0.25, -0.2) is 8.78 Å². The van der Waals surface area contributed by atoms with Crippen molar-refractivity contribution in [1.29, 1.82) is 0 Å². The summed E-state index contributed by atoms with van der Waals surface area (Å²) in [5.41, 5.74) is 7.47. The minimum Gasteiger partial charge on any atom is -0.399 e. The molecular weight excluding hydrogens is 220 g/mol. The maximum Gasteiger partial charge on any atom is 0.133 e. The van der Waals surface area contributed by atoms with Gasteiger partial charge in [-0.3, -0.25) is 0 Å². The summed E-state index contributed by atoms with van der Waals surface area (Å²) >= 11 is 0. The van der Waals surface area contributed by atoms with E-state index < -0.39 is 11.6 Å². The normalized spacial score (nSPS) is 9.94. The first kappa shape index (κ1) is 11.2. The van der Waals surface area contributed by atoms with Gasteiger partial charge in [0.1, 0.15) is 11.6 Å². The van der Waals surface area contributed by atoms with E-state index in [0.717, 1.165) is 6.07 Å². The average molecular weight is 229 g/mol. The molecule has 84 valence electrons. The molecule has 2 aromatic carbocycles. The van der Waals surface area contributed by atoms with Crippen molar-refractivity contribution in [3.8, 4) is 23.5 Å². The Bertz CT molecular complexity index is 612. The standard InChI is InChI=1S/C14H9F2N/c1-2-9-5-10(7-12(17)6-9)13-4-3-11(15)8-14(13)16/h1,3-8H,17H2. The number of rotatable bonds is 1. The third kappa shape index (κ3) is 2.26. The van der Waals surface area contributed by atoms with Gasteiger partial charge in [0.05, 0.1) is 0 Å². The highest BCUT2D eigenvalue weighted by molar-refractivity contribution is 5.70. The molecule has 0 atom stereocenters. The highest BCUT2D eigenvalue weighted by Gasteiger charge is 2.07. The van der Waals surface area contributed by atoms with Crippen molar-refractivity contribution in [3.63, 3.8) is 0 Å². The minimum atomic E-state index is -0.640. The third-order valence-electron chi connectivity index (χ3n) is 2.36. The Morgan fingerprint density at radius 1 is 1.06 bits per heavy atom. The molecule has 2 N–H and O–H groups in total. The molecule has 0 radical (unpaired) electrons. The highest BCUT2D eigenvalue weighted by atomic mass is 19.1. The number of nitrogens with two attached hydrogens (primary N) is 1. The van der Waals surface area contributed by atoms with Gasteiger partial charge in [-0.2, -0.15) is 0 Å². The summed E-state index contributed by atoms with van der Waals surface area (Å²) in [6.45, 7) is 0. The minimum absolute atomic E-state index is 0.273. The SMILES string of the molecule is C#Cc1cc(N)cc(-c2ccc(F)cc2F)c1. The Balaban J connectivity index is 2.61. The molecule has 0 fully saturated rings. The molecule has 0 saturated heterocycles. The number of anilines is 1. The van der Waals surface area contributed by atoms with Crippen LogP contribution < -0.4 is 5.73 Å². The lowest BCUT2D eigenvalue weighted by atomic mass is 10.0. The summed E-state index contributed by atoms with van der Waals surface area (Å²) in [6.07, 6.45) is 5.27. The van der Waals surface area contributed by atoms with Crippen molar-refractivity contribution < 1.29 is 8.78 Å². The molecule has 0 aromatic heterocycles. The zero-order valence-corrected chi connectivity index (χ0v) is 8.87. The molecule has 0 spiro atoms. The van der Waals surface area contributed by atoms with Crippen molar-refractivity contribution in [2.24, 2.45) is 0 Å². The van der Waals surface area contributed by atoms with Crippen LogP contribution in [0.4, 0.5) is 14.5 Å². The van der Waals surface area contributed by atoms with Gasteiger partial charge in [0.15, 0.2) is 0 Å². The van der Waals surface area contributed by atoms with E-state index in [1.54, 1.807) is 18.2 Å². The smallest absolute Gasteiger partial charge is 0.133 e. The van der Waals surface area contributed by atoms with E-state index in [9.17, 15) is 8.78 Å². The van der Waals surface area contributed by atoms with Crippen molar-refractivity contribution in [2.75, 3.05) is 5.73 Å². The summed E-state index contributed by atoms with van der Waals surface area (Å²) < 4.78 is 26.4. The predicted octanol–water partition coefficient (Wildman–Crippen LogP) is 3.20. The first-order valence-corrected chi connectivity index (χ1v) is 4.93. The molecule has 0 aliphatic rings. The molecule has 0 unspecified atom stereocenters. The molecule has 0 heterocycles. The van der Waals surface area contributed by atoms with Gasteiger partial charge >= 0.3 is 0 Å². The molecule has 0 aliphatic carbocycles. The summed E-state index contributed by atoms with van der Waals surface area (Å²) in [4.78, 5) is 0. The Morgan fingerprint density at radius 3 is 2.47 bits per heavy atom. The number of hydrogen-bond donors (Lipinski definition) is 1. The number of terminal acetylenes is 1. The summed E-state index contributed by atoms with van der Waals surface area (Å²) in [6, 6.07) is 8.22. The fourth-order valence-electron chi connectivity index (χ4n) is 1.61. The third-order valence-corrected chi connectivity index (χ3v) is 2.36. The van der Waals surface area contributed by atoms with Crippen molar-refractivity contribution >= 4 is 5.69 Å². The van der Waals surface area contributed by atoms with Crippen molar-refractivity contribution in [3.05, 3.63) is 53.6 Å². The van der Waals surface area contributed by atoms with E-state index >= 15 is 0 Å². The van der Waals surface area contributed by atoms with Crippen LogP contribution in [0.2, 0.25) is 0 Å². The van der Waals surface area contributed by atoms with Gasteiger partial charge in [-0.15, -0.1) is 6.42 Å².